The van der Waals surface area contributed by atoms with Crippen molar-refractivity contribution in [2.24, 2.45) is 11.3 Å². The highest BCUT2D eigenvalue weighted by atomic mass is 19.4. The molecule has 0 atom stereocenters. The normalized spacial score (nSPS) is 24.6. The third-order valence-corrected chi connectivity index (χ3v) is 4.92. The summed E-state index contributed by atoms with van der Waals surface area (Å²) < 4.78 is 40.2. The summed E-state index contributed by atoms with van der Waals surface area (Å²) in [5, 5.41) is 9.23. The summed E-state index contributed by atoms with van der Waals surface area (Å²) >= 11 is 0. The fraction of sp³-hybridized carbons (Fsp3) is 0.588. The van der Waals surface area contributed by atoms with Crippen molar-refractivity contribution in [1.82, 2.24) is 4.98 Å². The molecule has 1 saturated carbocycles. The fourth-order valence-corrected chi connectivity index (χ4v) is 3.30. The molecular formula is C17H20F3NO3. The van der Waals surface area contributed by atoms with E-state index in [0.29, 0.717) is 25.7 Å². The molecule has 1 heterocycles. The zero-order chi connectivity index (χ0) is 18.1. The zero-order valence-electron chi connectivity index (χ0n) is 13.6. The summed E-state index contributed by atoms with van der Waals surface area (Å²) in [5.74, 6) is -1.57. The summed E-state index contributed by atoms with van der Waals surface area (Å²) in [7, 11) is 0. The van der Waals surface area contributed by atoms with E-state index in [1.807, 2.05) is 0 Å². The van der Waals surface area contributed by atoms with Crippen molar-refractivity contribution in [2.45, 2.75) is 52.1 Å². The minimum Gasteiger partial charge on any atom is -0.481 e. The van der Waals surface area contributed by atoms with Crippen molar-refractivity contribution >= 4 is 11.8 Å². The first kappa shape index (κ1) is 18.4. The van der Waals surface area contributed by atoms with Crippen LogP contribution in [0.3, 0.4) is 0 Å². The van der Waals surface area contributed by atoms with Gasteiger partial charge >= 0.3 is 12.1 Å². The molecule has 0 amide bonds. The molecule has 0 unspecified atom stereocenters. The van der Waals surface area contributed by atoms with E-state index in [1.165, 1.54) is 6.20 Å². The van der Waals surface area contributed by atoms with Crippen molar-refractivity contribution < 1.29 is 27.9 Å². The second kappa shape index (κ2) is 6.53. The summed E-state index contributed by atoms with van der Waals surface area (Å²) in [6, 6.07) is 0. The third kappa shape index (κ3) is 3.76. The van der Waals surface area contributed by atoms with E-state index < -0.39 is 34.5 Å². The number of alkyl halides is 3. The number of aliphatic carboxylic acids is 1. The van der Waals surface area contributed by atoms with Crippen molar-refractivity contribution in [3.05, 3.63) is 29.1 Å². The second-order valence-electron chi connectivity index (χ2n) is 6.79. The maximum atomic E-state index is 13.4. The van der Waals surface area contributed by atoms with Crippen LogP contribution in [0.1, 0.15) is 61.0 Å². The van der Waals surface area contributed by atoms with Crippen LogP contribution in [0, 0.1) is 11.3 Å². The first-order chi connectivity index (χ1) is 11.0. The number of Topliss-reactive ketones (excluding diaryl/α,β-unsaturated/α-hetero) is 1. The van der Waals surface area contributed by atoms with Gasteiger partial charge in [-0.25, -0.2) is 0 Å². The Labute approximate surface area is 138 Å². The number of hydrogen-bond donors (Lipinski definition) is 1. The highest BCUT2D eigenvalue weighted by Crippen LogP contribution is 2.42. The summed E-state index contributed by atoms with van der Waals surface area (Å²) in [4.78, 5) is 26.5. The van der Waals surface area contributed by atoms with Gasteiger partial charge in [0.15, 0.2) is 5.78 Å². The number of rotatable bonds is 4. The van der Waals surface area contributed by atoms with E-state index in [1.54, 1.807) is 6.92 Å². The number of carbonyl (C=O) groups is 2. The van der Waals surface area contributed by atoms with E-state index >= 15 is 0 Å². The minimum atomic E-state index is -4.62. The van der Waals surface area contributed by atoms with Crippen LogP contribution in [0.25, 0.3) is 0 Å². The summed E-state index contributed by atoms with van der Waals surface area (Å²) in [5.41, 5.74) is -2.11. The van der Waals surface area contributed by atoms with E-state index in [4.69, 9.17) is 0 Å². The predicted octanol–water partition coefficient (Wildman–Crippen LogP) is 4.13. The fourth-order valence-electron chi connectivity index (χ4n) is 3.30. The van der Waals surface area contributed by atoms with Gasteiger partial charge in [0.1, 0.15) is 0 Å². The molecule has 24 heavy (non-hydrogen) atoms. The number of nitrogens with zero attached hydrogens (tertiary/aromatic N) is 1. The number of aromatic nitrogens is 1. The molecule has 1 N–H and O–H groups in total. The second-order valence-corrected chi connectivity index (χ2v) is 6.79. The molecule has 0 radical (unpaired) electrons. The van der Waals surface area contributed by atoms with Crippen LogP contribution < -0.4 is 0 Å². The van der Waals surface area contributed by atoms with Crippen LogP contribution >= 0.6 is 0 Å². The number of halogens is 3. The Morgan fingerprint density at radius 2 is 1.88 bits per heavy atom. The van der Waals surface area contributed by atoms with Crippen molar-refractivity contribution in [3.63, 3.8) is 0 Å². The first-order valence-corrected chi connectivity index (χ1v) is 7.83. The lowest BCUT2D eigenvalue weighted by molar-refractivity contribution is -0.150. The van der Waals surface area contributed by atoms with Gasteiger partial charge in [-0.05, 0) is 57.4 Å². The molecular weight excluding hydrogens is 323 g/mol. The standard InChI is InChI=1S/C17H20F3NO3/c1-10(22)13-9-21-8-12(14(13)17(18,19)20)7-11-3-5-16(2,6-4-11)15(23)24/h8-9,11H,3-7H2,1-2H3,(H,23,24). The molecule has 1 aliphatic rings. The Kier molecular flexibility index (Phi) is 5.01. The molecule has 132 valence electrons. The highest BCUT2D eigenvalue weighted by molar-refractivity contribution is 5.95. The van der Waals surface area contributed by atoms with Gasteiger partial charge in [0.25, 0.3) is 0 Å². The molecule has 0 bridgehead atoms. The quantitative estimate of drug-likeness (QED) is 0.835. The number of carboxylic acid groups (broad SMARTS) is 1. The molecule has 7 heteroatoms. The molecule has 4 nitrogen and oxygen atoms in total. The smallest absolute Gasteiger partial charge is 0.417 e. The van der Waals surface area contributed by atoms with Gasteiger partial charge in [-0.2, -0.15) is 13.2 Å². The largest absolute Gasteiger partial charge is 0.481 e. The van der Waals surface area contributed by atoms with E-state index in [0.717, 1.165) is 13.1 Å². The van der Waals surface area contributed by atoms with Crippen molar-refractivity contribution in [2.75, 3.05) is 0 Å². The van der Waals surface area contributed by atoms with Crippen molar-refractivity contribution in [1.29, 1.82) is 0 Å². The van der Waals surface area contributed by atoms with Crippen LogP contribution in [0.2, 0.25) is 0 Å². The average molecular weight is 343 g/mol. The first-order valence-electron chi connectivity index (χ1n) is 7.83. The number of hydrogen-bond acceptors (Lipinski definition) is 3. The number of pyridine rings is 1. The van der Waals surface area contributed by atoms with Crippen molar-refractivity contribution in [3.8, 4) is 0 Å². The van der Waals surface area contributed by atoms with Crippen LogP contribution in [0.5, 0.6) is 0 Å². The molecule has 1 aromatic rings. The number of carbonyl (C=O) groups excluding carboxylic acids is 1. The van der Waals surface area contributed by atoms with Gasteiger partial charge in [0.05, 0.1) is 11.0 Å². The average Bonchev–Trinajstić information content (AvgIpc) is 2.48. The zero-order valence-corrected chi connectivity index (χ0v) is 13.6. The monoisotopic (exact) mass is 343 g/mol. The molecule has 1 aliphatic carbocycles. The minimum absolute atomic E-state index is 0.0131. The number of ketones is 1. The van der Waals surface area contributed by atoms with Gasteiger partial charge in [0, 0.05) is 18.0 Å². The lowest BCUT2D eigenvalue weighted by Gasteiger charge is -2.34. The van der Waals surface area contributed by atoms with E-state index in [-0.39, 0.29) is 17.9 Å². The Bertz CT molecular complexity index is 647. The Balaban J connectivity index is 2.24. The SMILES string of the molecule is CC(=O)c1cncc(CC2CCC(C)(C(=O)O)CC2)c1C(F)(F)F. The van der Waals surface area contributed by atoms with E-state index in [2.05, 4.69) is 4.98 Å². The van der Waals surface area contributed by atoms with E-state index in [9.17, 15) is 27.9 Å². The molecule has 0 aromatic carbocycles. The molecule has 1 fully saturated rings. The molecule has 0 spiro atoms. The van der Waals surface area contributed by atoms with Gasteiger partial charge in [-0.3, -0.25) is 14.6 Å². The molecule has 2 rings (SSSR count). The predicted molar refractivity (Wildman–Crippen MR) is 80.6 cm³/mol. The van der Waals surface area contributed by atoms with Gasteiger partial charge in [0.2, 0.25) is 0 Å². The lowest BCUT2D eigenvalue weighted by atomic mass is 9.70. The lowest BCUT2D eigenvalue weighted by Crippen LogP contribution is -2.33. The van der Waals surface area contributed by atoms with Gasteiger partial charge in [-0.1, -0.05) is 0 Å². The Morgan fingerprint density at radius 3 is 2.33 bits per heavy atom. The van der Waals surface area contributed by atoms with Crippen LogP contribution in [0.15, 0.2) is 12.4 Å². The van der Waals surface area contributed by atoms with Crippen LogP contribution in [-0.2, 0) is 17.4 Å². The summed E-state index contributed by atoms with van der Waals surface area (Å²) in [6.45, 7) is 2.76. The Morgan fingerprint density at radius 1 is 1.29 bits per heavy atom. The highest BCUT2D eigenvalue weighted by Gasteiger charge is 2.40. The Hall–Kier alpha value is -1.92. The van der Waals surface area contributed by atoms with Gasteiger partial charge in [-0.15, -0.1) is 0 Å². The molecule has 0 aliphatic heterocycles. The van der Waals surface area contributed by atoms with Crippen LogP contribution in [-0.4, -0.2) is 21.8 Å². The number of carboxylic acids is 1. The van der Waals surface area contributed by atoms with Gasteiger partial charge < -0.3 is 5.11 Å². The topological polar surface area (TPSA) is 67.3 Å². The summed E-state index contributed by atoms with van der Waals surface area (Å²) in [6.07, 6.45) is -0.378. The maximum absolute atomic E-state index is 13.4. The molecule has 0 saturated heterocycles. The molecule has 1 aromatic heterocycles. The third-order valence-electron chi connectivity index (χ3n) is 4.92. The van der Waals surface area contributed by atoms with Crippen LogP contribution in [0.4, 0.5) is 13.2 Å². The maximum Gasteiger partial charge on any atom is 0.417 e.